The SMILES string of the molecule is COc1cc(C(F)(F)CCCC(=O)N2CC3CCC(C2)N3c2ccc(C#N)cn2)ccn1. The average Bonchev–Trinajstić information content (AvgIpc) is 3.07. The molecule has 0 aliphatic carbocycles. The molecular weight excluding hydrogens is 416 g/mol. The lowest BCUT2D eigenvalue weighted by Gasteiger charge is -2.42. The number of nitriles is 1. The number of hydrogen-bond acceptors (Lipinski definition) is 6. The fourth-order valence-corrected chi connectivity index (χ4v) is 4.60. The van der Waals surface area contributed by atoms with E-state index in [9.17, 15) is 13.6 Å². The molecule has 2 aromatic rings. The number of aromatic nitrogens is 2. The van der Waals surface area contributed by atoms with Gasteiger partial charge in [-0.3, -0.25) is 4.79 Å². The van der Waals surface area contributed by atoms with Crippen molar-refractivity contribution in [2.24, 2.45) is 0 Å². The number of likely N-dealkylation sites (tertiary alicyclic amines) is 1. The van der Waals surface area contributed by atoms with Gasteiger partial charge in [-0.1, -0.05) is 0 Å². The average molecular weight is 441 g/mol. The van der Waals surface area contributed by atoms with Gasteiger partial charge in [-0.05, 0) is 37.5 Å². The number of pyridine rings is 2. The summed E-state index contributed by atoms with van der Waals surface area (Å²) >= 11 is 0. The van der Waals surface area contributed by atoms with Crippen LogP contribution in [0.15, 0.2) is 36.7 Å². The van der Waals surface area contributed by atoms with Gasteiger partial charge in [-0.25, -0.2) is 18.7 Å². The van der Waals surface area contributed by atoms with Gasteiger partial charge in [-0.15, -0.1) is 0 Å². The number of rotatable bonds is 7. The molecule has 0 radical (unpaired) electrons. The highest BCUT2D eigenvalue weighted by atomic mass is 19.3. The molecule has 2 bridgehead atoms. The Kier molecular flexibility index (Phi) is 6.21. The summed E-state index contributed by atoms with van der Waals surface area (Å²) in [5, 5.41) is 8.96. The Morgan fingerprint density at radius 3 is 2.62 bits per heavy atom. The third kappa shape index (κ3) is 4.49. The second kappa shape index (κ2) is 9.07. The zero-order valence-electron chi connectivity index (χ0n) is 17.9. The van der Waals surface area contributed by atoms with Gasteiger partial charge in [0.25, 0.3) is 5.92 Å². The van der Waals surface area contributed by atoms with Crippen LogP contribution in [0.1, 0.15) is 43.2 Å². The van der Waals surface area contributed by atoms with Crippen molar-refractivity contribution in [1.29, 1.82) is 5.26 Å². The monoisotopic (exact) mass is 441 g/mol. The minimum absolute atomic E-state index is 0.0857. The number of amides is 1. The third-order valence-electron chi connectivity index (χ3n) is 6.22. The van der Waals surface area contributed by atoms with Crippen molar-refractivity contribution in [2.45, 2.75) is 50.1 Å². The normalized spacial score (nSPS) is 20.2. The number of carbonyl (C=O) groups is 1. The van der Waals surface area contributed by atoms with Gasteiger partial charge in [0.05, 0.1) is 12.7 Å². The van der Waals surface area contributed by atoms with E-state index in [-0.39, 0.29) is 42.3 Å². The molecule has 4 heterocycles. The Morgan fingerprint density at radius 1 is 1.25 bits per heavy atom. The predicted octanol–water partition coefficient (Wildman–Crippen LogP) is 3.50. The lowest BCUT2D eigenvalue weighted by Crippen LogP contribution is -2.55. The number of alkyl halides is 2. The van der Waals surface area contributed by atoms with Crippen molar-refractivity contribution in [3.8, 4) is 11.9 Å². The van der Waals surface area contributed by atoms with Crippen molar-refractivity contribution in [1.82, 2.24) is 14.9 Å². The van der Waals surface area contributed by atoms with Crippen molar-refractivity contribution >= 4 is 11.7 Å². The Morgan fingerprint density at radius 2 is 2.00 bits per heavy atom. The standard InChI is InChI=1S/C23H25F2N5O2/c1-32-21-11-17(8-10-27-21)23(24,25)9-2-3-22(31)29-14-18-5-6-19(15-29)30(18)20-7-4-16(12-26)13-28-20/h4,7-8,10-11,13,18-19H,2-3,5-6,9,14-15H2,1H3. The summed E-state index contributed by atoms with van der Waals surface area (Å²) < 4.78 is 34.0. The van der Waals surface area contributed by atoms with Crippen LogP contribution in [0.25, 0.3) is 0 Å². The van der Waals surface area contributed by atoms with E-state index >= 15 is 0 Å². The van der Waals surface area contributed by atoms with E-state index in [0.717, 1.165) is 18.7 Å². The number of hydrogen-bond donors (Lipinski definition) is 0. The molecule has 9 heteroatoms. The number of methoxy groups -OCH3 is 1. The molecule has 2 atom stereocenters. The van der Waals surface area contributed by atoms with E-state index in [0.29, 0.717) is 18.7 Å². The zero-order valence-corrected chi connectivity index (χ0v) is 17.9. The topological polar surface area (TPSA) is 82.4 Å². The summed E-state index contributed by atoms with van der Waals surface area (Å²) in [4.78, 5) is 25.0. The van der Waals surface area contributed by atoms with E-state index in [1.54, 1.807) is 17.2 Å². The summed E-state index contributed by atoms with van der Waals surface area (Å²) in [6.45, 7) is 1.13. The molecule has 0 spiro atoms. The van der Waals surface area contributed by atoms with Crippen molar-refractivity contribution in [3.63, 3.8) is 0 Å². The number of carbonyl (C=O) groups excluding carboxylic acids is 1. The molecule has 2 unspecified atom stereocenters. The zero-order chi connectivity index (χ0) is 22.7. The third-order valence-corrected chi connectivity index (χ3v) is 6.22. The van der Waals surface area contributed by atoms with E-state index in [4.69, 9.17) is 10.00 Å². The number of halogens is 2. The molecule has 2 saturated heterocycles. The Bertz CT molecular complexity index is 994. The van der Waals surface area contributed by atoms with Gasteiger partial charge < -0.3 is 14.5 Å². The van der Waals surface area contributed by atoms with Crippen molar-refractivity contribution in [2.75, 3.05) is 25.1 Å². The predicted molar refractivity (Wildman–Crippen MR) is 113 cm³/mol. The largest absolute Gasteiger partial charge is 0.481 e. The molecule has 0 aromatic carbocycles. The van der Waals surface area contributed by atoms with Crippen LogP contribution in [0.4, 0.5) is 14.6 Å². The second-order valence-electron chi connectivity index (χ2n) is 8.25. The molecule has 4 rings (SSSR count). The molecule has 0 N–H and O–H groups in total. The van der Waals surface area contributed by atoms with E-state index in [1.165, 1.54) is 25.4 Å². The fraction of sp³-hybridized carbons (Fsp3) is 0.478. The molecular formula is C23H25F2N5O2. The van der Waals surface area contributed by atoms with Gasteiger partial charge in [0.2, 0.25) is 11.8 Å². The van der Waals surface area contributed by atoms with Gasteiger partial charge in [0.1, 0.15) is 11.9 Å². The first kappa shape index (κ1) is 21.9. The number of anilines is 1. The first-order valence-electron chi connectivity index (χ1n) is 10.7. The maximum Gasteiger partial charge on any atom is 0.273 e. The van der Waals surface area contributed by atoms with Crippen molar-refractivity contribution < 1.29 is 18.3 Å². The lowest BCUT2D eigenvalue weighted by atomic mass is 10.0. The van der Waals surface area contributed by atoms with Crippen LogP contribution < -0.4 is 9.64 Å². The minimum atomic E-state index is -3.05. The van der Waals surface area contributed by atoms with Gasteiger partial charge in [0.15, 0.2) is 0 Å². The molecule has 1 amide bonds. The molecule has 2 aromatic heterocycles. The summed E-state index contributed by atoms with van der Waals surface area (Å²) in [7, 11) is 1.38. The van der Waals surface area contributed by atoms with Gasteiger partial charge >= 0.3 is 0 Å². The number of nitrogens with zero attached hydrogens (tertiary/aromatic N) is 5. The van der Waals surface area contributed by atoms with Crippen LogP contribution in [0, 0.1) is 11.3 Å². The van der Waals surface area contributed by atoms with E-state index < -0.39 is 12.3 Å². The van der Waals surface area contributed by atoms with Crippen LogP contribution in [0.5, 0.6) is 5.88 Å². The molecule has 7 nitrogen and oxygen atoms in total. The van der Waals surface area contributed by atoms with Gasteiger partial charge in [-0.2, -0.15) is 5.26 Å². The van der Waals surface area contributed by atoms with Crippen LogP contribution in [0.3, 0.4) is 0 Å². The smallest absolute Gasteiger partial charge is 0.273 e. The van der Waals surface area contributed by atoms with Crippen LogP contribution in [-0.2, 0) is 10.7 Å². The highest BCUT2D eigenvalue weighted by Crippen LogP contribution is 2.36. The van der Waals surface area contributed by atoms with E-state index in [1.807, 2.05) is 6.07 Å². The number of fused-ring (bicyclic) bond motifs is 2. The molecule has 0 saturated carbocycles. The summed E-state index contributed by atoms with van der Waals surface area (Å²) in [5.74, 6) is -2.17. The lowest BCUT2D eigenvalue weighted by molar-refractivity contribution is -0.132. The molecule has 2 aliphatic heterocycles. The molecule has 168 valence electrons. The Balaban J connectivity index is 1.32. The summed E-state index contributed by atoms with van der Waals surface area (Å²) in [5.41, 5.74) is 0.357. The summed E-state index contributed by atoms with van der Waals surface area (Å²) in [6.07, 6.45) is 4.55. The Labute approximate surface area is 185 Å². The highest BCUT2D eigenvalue weighted by molar-refractivity contribution is 5.76. The minimum Gasteiger partial charge on any atom is -0.481 e. The van der Waals surface area contributed by atoms with Crippen LogP contribution in [-0.4, -0.2) is 53.1 Å². The highest BCUT2D eigenvalue weighted by Gasteiger charge is 2.42. The first-order chi connectivity index (χ1) is 15.4. The molecule has 32 heavy (non-hydrogen) atoms. The van der Waals surface area contributed by atoms with Crippen molar-refractivity contribution in [3.05, 3.63) is 47.8 Å². The van der Waals surface area contributed by atoms with Gasteiger partial charge in [0, 0.05) is 62.0 Å². The summed E-state index contributed by atoms with van der Waals surface area (Å²) in [6, 6.07) is 8.48. The molecule has 2 aliphatic rings. The second-order valence-corrected chi connectivity index (χ2v) is 8.25. The maximum absolute atomic E-state index is 14.6. The molecule has 2 fully saturated rings. The Hall–Kier alpha value is -3.28. The quantitative estimate of drug-likeness (QED) is 0.654. The number of ether oxygens (including phenoxy) is 1. The maximum atomic E-state index is 14.6. The van der Waals surface area contributed by atoms with Crippen LogP contribution >= 0.6 is 0 Å². The fourth-order valence-electron chi connectivity index (χ4n) is 4.60. The van der Waals surface area contributed by atoms with E-state index in [2.05, 4.69) is 20.9 Å². The van der Waals surface area contributed by atoms with Crippen LogP contribution in [0.2, 0.25) is 0 Å². The first-order valence-corrected chi connectivity index (χ1v) is 10.7. The number of piperazine rings is 1.